The third kappa shape index (κ3) is 5.71. The van der Waals surface area contributed by atoms with E-state index in [0.29, 0.717) is 31.6 Å². The minimum Gasteiger partial charge on any atom is -0.465 e. The number of hydrogen-bond acceptors (Lipinski definition) is 4. The summed E-state index contributed by atoms with van der Waals surface area (Å²) in [5.41, 5.74) is 2.56. The summed E-state index contributed by atoms with van der Waals surface area (Å²) in [5, 5.41) is 21.7. The van der Waals surface area contributed by atoms with Gasteiger partial charge in [-0.15, -0.1) is 0 Å². The molecule has 1 saturated heterocycles. The van der Waals surface area contributed by atoms with Crippen molar-refractivity contribution in [2.75, 3.05) is 25.0 Å². The molecule has 1 aliphatic rings. The smallest absolute Gasteiger partial charge is 0.411 e. The van der Waals surface area contributed by atoms with Gasteiger partial charge in [-0.25, -0.2) is 9.59 Å². The molecule has 3 rings (SSSR count). The number of likely N-dealkylation sites (tertiary alicyclic amines) is 1. The van der Waals surface area contributed by atoms with Crippen LogP contribution in [0, 0.1) is 5.92 Å². The van der Waals surface area contributed by atoms with E-state index < -0.39 is 12.2 Å². The van der Waals surface area contributed by atoms with Gasteiger partial charge in [-0.3, -0.25) is 5.32 Å². The number of aliphatic hydroxyl groups excluding tert-OH is 1. The first-order valence-electron chi connectivity index (χ1n) is 9.73. The van der Waals surface area contributed by atoms with Crippen molar-refractivity contribution in [1.29, 1.82) is 0 Å². The van der Waals surface area contributed by atoms with E-state index in [1.807, 2.05) is 42.5 Å². The van der Waals surface area contributed by atoms with Crippen LogP contribution in [0.2, 0.25) is 0 Å². The Bertz CT molecular complexity index is 810. The second kappa shape index (κ2) is 9.93. The first-order chi connectivity index (χ1) is 14.1. The van der Waals surface area contributed by atoms with E-state index in [1.54, 1.807) is 12.1 Å². The van der Waals surface area contributed by atoms with E-state index in [0.717, 1.165) is 11.1 Å². The molecule has 0 saturated carbocycles. The van der Waals surface area contributed by atoms with E-state index >= 15 is 0 Å². The molecule has 3 N–H and O–H groups in total. The zero-order valence-electron chi connectivity index (χ0n) is 16.2. The Kier molecular flexibility index (Phi) is 7.08. The molecule has 0 aromatic heterocycles. The van der Waals surface area contributed by atoms with Gasteiger partial charge in [-0.05, 0) is 47.9 Å². The molecule has 154 valence electrons. The van der Waals surface area contributed by atoms with E-state index in [2.05, 4.69) is 5.32 Å². The predicted molar refractivity (Wildman–Crippen MR) is 109 cm³/mol. The lowest BCUT2D eigenvalue weighted by atomic mass is 9.83. The molecule has 2 aromatic carbocycles. The fourth-order valence-electron chi connectivity index (χ4n) is 3.70. The lowest BCUT2D eigenvalue weighted by Gasteiger charge is -2.23. The summed E-state index contributed by atoms with van der Waals surface area (Å²) in [6, 6.07) is 16.9. The molecule has 2 atom stereocenters. The maximum atomic E-state index is 12.0. The number of rotatable bonds is 5. The molecule has 1 aliphatic heterocycles. The first kappa shape index (κ1) is 20.7. The van der Waals surface area contributed by atoms with Crippen molar-refractivity contribution in [3.63, 3.8) is 0 Å². The van der Waals surface area contributed by atoms with Crippen molar-refractivity contribution in [3.8, 4) is 0 Å². The maximum absolute atomic E-state index is 12.0. The average molecular weight is 398 g/mol. The highest BCUT2D eigenvalue weighted by atomic mass is 16.5. The van der Waals surface area contributed by atoms with Crippen molar-refractivity contribution < 1.29 is 24.5 Å². The summed E-state index contributed by atoms with van der Waals surface area (Å²) in [5.74, 6) is 0.0810. The van der Waals surface area contributed by atoms with Gasteiger partial charge in [0.1, 0.15) is 6.61 Å². The van der Waals surface area contributed by atoms with Crippen LogP contribution in [0.25, 0.3) is 0 Å². The Morgan fingerprint density at radius 2 is 1.72 bits per heavy atom. The quantitative estimate of drug-likeness (QED) is 0.709. The van der Waals surface area contributed by atoms with Gasteiger partial charge >= 0.3 is 12.2 Å². The Morgan fingerprint density at radius 1 is 1.03 bits per heavy atom. The lowest BCUT2D eigenvalue weighted by Crippen LogP contribution is -2.30. The number of ether oxygens (including phenoxy) is 1. The molecule has 2 aromatic rings. The molecule has 1 fully saturated rings. The maximum Gasteiger partial charge on any atom is 0.411 e. The standard InChI is InChI=1S/C22H26N2O5/c25-14-18-10-12-24(22(27)28)13-11-20(18)17-6-8-19(9-7-17)23-21(26)29-15-16-4-2-1-3-5-16/h1-9,18,20,25H,10-15H2,(H,23,26)(H,27,28)/t18-,20-/m1/s1. The Balaban J connectivity index is 1.58. The molecule has 0 unspecified atom stereocenters. The van der Waals surface area contributed by atoms with Gasteiger partial charge in [0.15, 0.2) is 0 Å². The predicted octanol–water partition coefficient (Wildman–Crippen LogP) is 3.90. The van der Waals surface area contributed by atoms with Crippen LogP contribution < -0.4 is 5.32 Å². The number of carbonyl (C=O) groups excluding carboxylic acids is 1. The number of nitrogens with zero attached hydrogens (tertiary/aromatic N) is 1. The molecule has 1 heterocycles. The zero-order chi connectivity index (χ0) is 20.6. The zero-order valence-corrected chi connectivity index (χ0v) is 16.2. The monoisotopic (exact) mass is 398 g/mol. The Hall–Kier alpha value is -3.06. The van der Waals surface area contributed by atoms with Crippen LogP contribution in [-0.2, 0) is 11.3 Å². The SMILES string of the molecule is O=C(Nc1ccc([C@H]2CCN(C(=O)O)CC[C@@H]2CO)cc1)OCc1ccccc1. The Morgan fingerprint density at radius 3 is 2.38 bits per heavy atom. The summed E-state index contributed by atoms with van der Waals surface area (Å²) in [6.45, 7) is 1.10. The summed E-state index contributed by atoms with van der Waals surface area (Å²) in [4.78, 5) is 24.6. The van der Waals surface area contributed by atoms with Crippen LogP contribution >= 0.6 is 0 Å². The van der Waals surface area contributed by atoms with Gasteiger partial charge < -0.3 is 19.8 Å². The van der Waals surface area contributed by atoms with E-state index in [1.165, 1.54) is 4.90 Å². The van der Waals surface area contributed by atoms with Crippen molar-refractivity contribution in [2.45, 2.75) is 25.4 Å². The van der Waals surface area contributed by atoms with Gasteiger partial charge in [-0.2, -0.15) is 0 Å². The topological polar surface area (TPSA) is 99.1 Å². The van der Waals surface area contributed by atoms with Crippen molar-refractivity contribution in [1.82, 2.24) is 4.90 Å². The van der Waals surface area contributed by atoms with E-state index in [9.17, 15) is 19.8 Å². The van der Waals surface area contributed by atoms with Crippen molar-refractivity contribution in [2.24, 2.45) is 5.92 Å². The largest absolute Gasteiger partial charge is 0.465 e. The van der Waals surface area contributed by atoms with Crippen LogP contribution in [-0.4, -0.2) is 47.0 Å². The second-order valence-corrected chi connectivity index (χ2v) is 7.20. The molecule has 0 aliphatic carbocycles. The number of nitrogens with one attached hydrogen (secondary N) is 1. The number of anilines is 1. The van der Waals surface area contributed by atoms with Gasteiger partial charge in [0.05, 0.1) is 0 Å². The van der Waals surface area contributed by atoms with Crippen LogP contribution in [0.5, 0.6) is 0 Å². The third-order valence-corrected chi connectivity index (χ3v) is 5.35. The summed E-state index contributed by atoms with van der Waals surface area (Å²) in [7, 11) is 0. The molecule has 2 amide bonds. The number of amides is 2. The summed E-state index contributed by atoms with van der Waals surface area (Å²) in [6.07, 6.45) is -0.166. The summed E-state index contributed by atoms with van der Waals surface area (Å²) < 4.78 is 5.22. The Labute approximate surface area is 169 Å². The highest BCUT2D eigenvalue weighted by Crippen LogP contribution is 2.33. The minimum atomic E-state index is -0.920. The second-order valence-electron chi connectivity index (χ2n) is 7.20. The molecular weight excluding hydrogens is 372 g/mol. The summed E-state index contributed by atoms with van der Waals surface area (Å²) >= 11 is 0. The fraction of sp³-hybridized carbons (Fsp3) is 0.364. The van der Waals surface area contributed by atoms with Gasteiger partial charge in [0, 0.05) is 25.4 Å². The van der Waals surface area contributed by atoms with E-state index in [-0.39, 0.29) is 25.0 Å². The van der Waals surface area contributed by atoms with Gasteiger partial charge in [0.25, 0.3) is 0 Å². The molecular formula is C22H26N2O5. The molecule has 0 bridgehead atoms. The number of carboxylic acid groups (broad SMARTS) is 1. The highest BCUT2D eigenvalue weighted by molar-refractivity contribution is 5.84. The molecule has 0 spiro atoms. The number of benzene rings is 2. The van der Waals surface area contributed by atoms with Crippen LogP contribution in [0.1, 0.15) is 29.9 Å². The molecule has 7 heteroatoms. The lowest BCUT2D eigenvalue weighted by molar-refractivity contribution is 0.145. The number of carbonyl (C=O) groups is 2. The first-order valence-corrected chi connectivity index (χ1v) is 9.73. The normalized spacial score (nSPS) is 19.3. The number of aliphatic hydroxyl groups is 1. The molecule has 29 heavy (non-hydrogen) atoms. The van der Waals surface area contributed by atoms with Crippen LogP contribution in [0.4, 0.5) is 15.3 Å². The minimum absolute atomic E-state index is 0.00833. The van der Waals surface area contributed by atoms with Crippen molar-refractivity contribution >= 4 is 17.9 Å². The van der Waals surface area contributed by atoms with Crippen LogP contribution in [0.3, 0.4) is 0 Å². The third-order valence-electron chi connectivity index (χ3n) is 5.35. The van der Waals surface area contributed by atoms with Gasteiger partial charge in [-0.1, -0.05) is 42.5 Å². The number of hydrogen-bond donors (Lipinski definition) is 3. The fourth-order valence-corrected chi connectivity index (χ4v) is 3.70. The van der Waals surface area contributed by atoms with Gasteiger partial charge in [0.2, 0.25) is 0 Å². The van der Waals surface area contributed by atoms with E-state index in [4.69, 9.17) is 4.74 Å². The molecule has 0 radical (unpaired) electrons. The average Bonchev–Trinajstić information content (AvgIpc) is 2.96. The van der Waals surface area contributed by atoms with Crippen molar-refractivity contribution in [3.05, 3.63) is 65.7 Å². The molecule has 7 nitrogen and oxygen atoms in total. The highest BCUT2D eigenvalue weighted by Gasteiger charge is 2.28. The van der Waals surface area contributed by atoms with Crippen LogP contribution in [0.15, 0.2) is 54.6 Å².